The van der Waals surface area contributed by atoms with E-state index in [1.807, 2.05) is 48.5 Å². The zero-order chi connectivity index (χ0) is 22.5. The van der Waals surface area contributed by atoms with Gasteiger partial charge < -0.3 is 15.8 Å². The first-order valence-electron chi connectivity index (χ1n) is 10.7. The van der Waals surface area contributed by atoms with Crippen LogP contribution in [0, 0.1) is 0 Å². The Morgan fingerprint density at radius 1 is 1.12 bits per heavy atom. The molecule has 0 radical (unpaired) electrons. The Bertz CT molecular complexity index is 1290. The van der Waals surface area contributed by atoms with Crippen LogP contribution >= 0.6 is 0 Å². The number of aromatic nitrogens is 3. The van der Waals surface area contributed by atoms with Gasteiger partial charge in [-0.1, -0.05) is 44.0 Å². The number of nitrogens with zero attached hydrogens (tertiary/aromatic N) is 4. The highest BCUT2D eigenvalue weighted by Crippen LogP contribution is 2.28. The van der Waals surface area contributed by atoms with E-state index in [9.17, 15) is 4.79 Å². The maximum absolute atomic E-state index is 13.0. The number of unbranched alkanes of at least 4 members (excludes halogenated alkanes) is 2. The highest BCUT2D eigenvalue weighted by molar-refractivity contribution is 6.10. The van der Waals surface area contributed by atoms with Crippen LogP contribution in [0.5, 0.6) is 5.75 Å². The van der Waals surface area contributed by atoms with Gasteiger partial charge in [-0.25, -0.2) is 9.97 Å². The SMILES string of the molecule is CCCCCNC(=O)c1c(N)n(N=Cc2ccccc2OC)c2nc3ccccc3nc12. The quantitative estimate of drug-likeness (QED) is 0.325. The van der Waals surface area contributed by atoms with Gasteiger partial charge >= 0.3 is 0 Å². The van der Waals surface area contributed by atoms with Crippen molar-refractivity contribution in [2.45, 2.75) is 26.2 Å². The lowest BCUT2D eigenvalue weighted by atomic mass is 10.2. The van der Waals surface area contributed by atoms with Crippen molar-refractivity contribution in [3.05, 3.63) is 59.7 Å². The second-order valence-corrected chi connectivity index (χ2v) is 7.41. The van der Waals surface area contributed by atoms with E-state index >= 15 is 0 Å². The highest BCUT2D eigenvalue weighted by Gasteiger charge is 2.23. The average molecular weight is 431 g/mol. The van der Waals surface area contributed by atoms with Crippen LogP contribution in [0.25, 0.3) is 22.2 Å². The number of ether oxygens (including phenoxy) is 1. The van der Waals surface area contributed by atoms with E-state index in [0.29, 0.717) is 34.5 Å². The standard InChI is InChI=1S/C24H26N6O2/c1-3-4-9-14-26-24(31)20-21-23(29-18-12-7-6-11-17(18)28-21)30(22(20)25)27-15-16-10-5-8-13-19(16)32-2/h5-8,10-13,15H,3-4,9,14,25H2,1-2H3,(H,26,31). The number of carbonyl (C=O) groups excluding carboxylic acids is 1. The zero-order valence-electron chi connectivity index (χ0n) is 18.2. The molecule has 0 saturated carbocycles. The number of anilines is 1. The van der Waals surface area contributed by atoms with Crippen molar-refractivity contribution in [2.24, 2.45) is 5.10 Å². The summed E-state index contributed by atoms with van der Waals surface area (Å²) in [7, 11) is 1.60. The minimum Gasteiger partial charge on any atom is -0.496 e. The predicted molar refractivity (Wildman–Crippen MR) is 127 cm³/mol. The summed E-state index contributed by atoms with van der Waals surface area (Å²) in [5, 5.41) is 7.48. The van der Waals surface area contributed by atoms with Gasteiger partial charge in [-0.05, 0) is 30.7 Å². The van der Waals surface area contributed by atoms with Crippen LogP contribution in [0.1, 0.15) is 42.1 Å². The lowest BCUT2D eigenvalue weighted by Gasteiger charge is -2.05. The second-order valence-electron chi connectivity index (χ2n) is 7.41. The van der Waals surface area contributed by atoms with E-state index in [1.165, 1.54) is 4.68 Å². The minimum absolute atomic E-state index is 0.189. The molecule has 8 nitrogen and oxygen atoms in total. The summed E-state index contributed by atoms with van der Waals surface area (Å²) in [5.74, 6) is 0.588. The van der Waals surface area contributed by atoms with Crippen molar-refractivity contribution < 1.29 is 9.53 Å². The van der Waals surface area contributed by atoms with Crippen LogP contribution in [0.15, 0.2) is 53.6 Å². The molecule has 0 saturated heterocycles. The van der Waals surface area contributed by atoms with Crippen LogP contribution in [-0.2, 0) is 0 Å². The molecule has 0 bridgehead atoms. The maximum atomic E-state index is 13.0. The van der Waals surface area contributed by atoms with Crippen LogP contribution in [0.2, 0.25) is 0 Å². The van der Waals surface area contributed by atoms with Crippen molar-refractivity contribution in [3.63, 3.8) is 0 Å². The number of hydrogen-bond acceptors (Lipinski definition) is 6. The van der Waals surface area contributed by atoms with E-state index in [4.69, 9.17) is 20.4 Å². The molecule has 2 heterocycles. The van der Waals surface area contributed by atoms with Gasteiger partial charge in [0.2, 0.25) is 0 Å². The smallest absolute Gasteiger partial charge is 0.257 e. The van der Waals surface area contributed by atoms with Gasteiger partial charge in [0, 0.05) is 12.1 Å². The minimum atomic E-state index is -0.278. The maximum Gasteiger partial charge on any atom is 0.257 e. The Hall–Kier alpha value is -3.94. The van der Waals surface area contributed by atoms with Gasteiger partial charge in [-0.3, -0.25) is 4.79 Å². The normalized spacial score (nSPS) is 11.4. The number of carbonyl (C=O) groups is 1. The molecule has 0 spiro atoms. The molecule has 2 aromatic carbocycles. The van der Waals surface area contributed by atoms with E-state index in [2.05, 4.69) is 17.3 Å². The molecule has 4 rings (SSSR count). The number of benzene rings is 2. The molecule has 1 amide bonds. The van der Waals surface area contributed by atoms with Crippen molar-refractivity contribution in [3.8, 4) is 5.75 Å². The topological polar surface area (TPSA) is 107 Å². The Labute approximate surface area is 186 Å². The first-order valence-corrected chi connectivity index (χ1v) is 10.7. The third kappa shape index (κ3) is 4.12. The molecule has 0 aliphatic rings. The Balaban J connectivity index is 1.82. The number of para-hydroxylation sites is 3. The lowest BCUT2D eigenvalue weighted by molar-refractivity contribution is 0.0955. The monoisotopic (exact) mass is 430 g/mol. The van der Waals surface area contributed by atoms with E-state index in [1.54, 1.807) is 13.3 Å². The number of methoxy groups -OCH3 is 1. The fraction of sp³-hybridized carbons (Fsp3) is 0.250. The number of nitrogens with one attached hydrogen (secondary N) is 1. The molecule has 0 aliphatic heterocycles. The lowest BCUT2D eigenvalue weighted by Crippen LogP contribution is -2.25. The Kier molecular flexibility index (Phi) is 6.30. The summed E-state index contributed by atoms with van der Waals surface area (Å²) in [6, 6.07) is 15.0. The third-order valence-corrected chi connectivity index (χ3v) is 5.22. The van der Waals surface area contributed by atoms with Gasteiger partial charge in [-0.2, -0.15) is 9.78 Å². The first-order chi connectivity index (χ1) is 15.6. The molecule has 4 aromatic rings. The van der Waals surface area contributed by atoms with Crippen LogP contribution in [0.3, 0.4) is 0 Å². The molecule has 8 heteroatoms. The summed E-state index contributed by atoms with van der Waals surface area (Å²) in [4.78, 5) is 22.4. The van der Waals surface area contributed by atoms with Gasteiger partial charge in [0.1, 0.15) is 22.6 Å². The van der Waals surface area contributed by atoms with Gasteiger partial charge in [0.25, 0.3) is 5.91 Å². The van der Waals surface area contributed by atoms with E-state index in [-0.39, 0.29) is 17.3 Å². The second kappa shape index (κ2) is 9.47. The zero-order valence-corrected chi connectivity index (χ0v) is 18.2. The summed E-state index contributed by atoms with van der Waals surface area (Å²) in [5.41, 5.74) is 9.71. The average Bonchev–Trinajstić information content (AvgIpc) is 3.09. The molecule has 2 aromatic heterocycles. The molecular formula is C24H26N6O2. The Morgan fingerprint density at radius 3 is 2.59 bits per heavy atom. The number of amides is 1. The van der Waals surface area contributed by atoms with Gasteiger partial charge in [-0.15, -0.1) is 0 Å². The number of hydrogen-bond donors (Lipinski definition) is 2. The van der Waals surface area contributed by atoms with Crippen molar-refractivity contribution in [1.82, 2.24) is 20.0 Å². The summed E-state index contributed by atoms with van der Waals surface area (Å²) < 4.78 is 6.85. The molecule has 0 atom stereocenters. The Morgan fingerprint density at radius 2 is 1.84 bits per heavy atom. The van der Waals surface area contributed by atoms with Crippen molar-refractivity contribution >= 4 is 40.1 Å². The molecule has 32 heavy (non-hydrogen) atoms. The fourth-order valence-corrected chi connectivity index (χ4v) is 3.55. The van der Waals surface area contributed by atoms with Crippen LogP contribution < -0.4 is 15.8 Å². The molecule has 3 N–H and O–H groups in total. The van der Waals surface area contributed by atoms with Crippen LogP contribution in [-0.4, -0.2) is 40.4 Å². The fourth-order valence-electron chi connectivity index (χ4n) is 3.55. The van der Waals surface area contributed by atoms with E-state index in [0.717, 1.165) is 24.8 Å². The molecule has 0 unspecified atom stereocenters. The predicted octanol–water partition coefficient (Wildman–Crippen LogP) is 3.98. The number of nitrogens with two attached hydrogens (primary N) is 1. The first kappa shape index (κ1) is 21.3. The van der Waals surface area contributed by atoms with Gasteiger partial charge in [0.05, 0.1) is 24.4 Å². The largest absolute Gasteiger partial charge is 0.496 e. The summed E-state index contributed by atoms with van der Waals surface area (Å²) in [6.45, 7) is 2.69. The number of rotatable bonds is 8. The summed E-state index contributed by atoms with van der Waals surface area (Å²) in [6.07, 6.45) is 4.66. The molecule has 164 valence electrons. The van der Waals surface area contributed by atoms with Crippen molar-refractivity contribution in [1.29, 1.82) is 0 Å². The number of fused-ring (bicyclic) bond motifs is 2. The molecule has 0 aliphatic carbocycles. The van der Waals surface area contributed by atoms with Crippen LogP contribution in [0.4, 0.5) is 5.82 Å². The van der Waals surface area contributed by atoms with Crippen molar-refractivity contribution in [2.75, 3.05) is 19.4 Å². The highest BCUT2D eigenvalue weighted by atomic mass is 16.5. The van der Waals surface area contributed by atoms with Gasteiger partial charge in [0.15, 0.2) is 5.65 Å². The molecule has 0 fully saturated rings. The summed E-state index contributed by atoms with van der Waals surface area (Å²) >= 11 is 0. The third-order valence-electron chi connectivity index (χ3n) is 5.22. The molecular weight excluding hydrogens is 404 g/mol. The number of nitrogen functional groups attached to an aromatic ring is 1. The van der Waals surface area contributed by atoms with E-state index < -0.39 is 0 Å².